The highest BCUT2D eigenvalue weighted by molar-refractivity contribution is 9.10. The van der Waals surface area contributed by atoms with E-state index < -0.39 is 4.87 Å². The van der Waals surface area contributed by atoms with Crippen molar-refractivity contribution in [3.63, 3.8) is 0 Å². The molecule has 4 aliphatic rings. The summed E-state index contributed by atoms with van der Waals surface area (Å²) in [6.45, 7) is 5.14. The monoisotopic (exact) mass is 606 g/mol. The minimum Gasteiger partial charge on any atom is -0.454 e. The van der Waals surface area contributed by atoms with Crippen molar-refractivity contribution in [2.45, 2.75) is 11.4 Å². The first-order chi connectivity index (χ1) is 19.0. The molecular weight excluding hydrogens is 580 g/mol. The van der Waals surface area contributed by atoms with E-state index >= 15 is 0 Å². The number of ether oxygens (including phenoxy) is 2. The number of para-hydroxylation sites is 1. The lowest BCUT2D eigenvalue weighted by molar-refractivity contribution is -0.124. The van der Waals surface area contributed by atoms with Gasteiger partial charge in [-0.15, -0.1) is 11.8 Å². The summed E-state index contributed by atoms with van der Waals surface area (Å²) in [5.74, 6) is 1.78. The van der Waals surface area contributed by atoms with Crippen LogP contribution in [0.3, 0.4) is 0 Å². The van der Waals surface area contributed by atoms with E-state index in [9.17, 15) is 9.59 Å². The lowest BCUT2D eigenvalue weighted by Crippen LogP contribution is -2.54. The summed E-state index contributed by atoms with van der Waals surface area (Å²) < 4.78 is 11.9. The third-order valence-electron chi connectivity index (χ3n) is 7.80. The van der Waals surface area contributed by atoms with Gasteiger partial charge in [0.05, 0.1) is 18.1 Å². The van der Waals surface area contributed by atoms with E-state index in [2.05, 4.69) is 37.9 Å². The molecule has 1 spiro atoms. The quantitative estimate of drug-likeness (QED) is 0.430. The molecular formula is C29H27BrN4O4S. The fourth-order valence-corrected chi connectivity index (χ4v) is 7.50. The van der Waals surface area contributed by atoms with Crippen LogP contribution in [0.1, 0.15) is 11.1 Å². The topological polar surface area (TPSA) is 65.6 Å². The zero-order chi connectivity index (χ0) is 26.6. The van der Waals surface area contributed by atoms with Gasteiger partial charge in [0.25, 0.3) is 5.91 Å². The highest BCUT2D eigenvalue weighted by atomic mass is 79.9. The van der Waals surface area contributed by atoms with Gasteiger partial charge in [0.2, 0.25) is 17.6 Å². The number of piperazine rings is 1. The van der Waals surface area contributed by atoms with Crippen LogP contribution in [0.5, 0.6) is 11.5 Å². The molecule has 39 heavy (non-hydrogen) atoms. The van der Waals surface area contributed by atoms with Crippen molar-refractivity contribution in [2.75, 3.05) is 55.2 Å². The second-order valence-corrected chi connectivity index (χ2v) is 12.2. The first-order valence-electron chi connectivity index (χ1n) is 13.0. The van der Waals surface area contributed by atoms with Crippen LogP contribution in [0.25, 0.3) is 0 Å². The minimum absolute atomic E-state index is 0.0507. The second-order valence-electron chi connectivity index (χ2n) is 10.1. The summed E-state index contributed by atoms with van der Waals surface area (Å²) in [6.07, 6.45) is 0. The van der Waals surface area contributed by atoms with Gasteiger partial charge in [-0.3, -0.25) is 29.2 Å². The smallest absolute Gasteiger partial charge is 0.269 e. The number of nitrogens with zero attached hydrogens (tertiary/aromatic N) is 4. The molecule has 4 aliphatic heterocycles. The Morgan fingerprint density at radius 2 is 1.62 bits per heavy atom. The molecule has 3 aromatic carbocycles. The van der Waals surface area contributed by atoms with Crippen molar-refractivity contribution < 1.29 is 19.1 Å². The largest absolute Gasteiger partial charge is 0.454 e. The number of hydrogen-bond donors (Lipinski definition) is 0. The average Bonchev–Trinajstić information content (AvgIpc) is 3.63. The van der Waals surface area contributed by atoms with Gasteiger partial charge >= 0.3 is 0 Å². The number of carbonyl (C=O) groups is 2. The summed E-state index contributed by atoms with van der Waals surface area (Å²) in [7, 11) is 0. The Balaban J connectivity index is 1.09. The minimum atomic E-state index is -1.08. The van der Waals surface area contributed by atoms with Crippen molar-refractivity contribution >= 4 is 50.9 Å². The Morgan fingerprint density at radius 3 is 2.44 bits per heavy atom. The lowest BCUT2D eigenvalue weighted by atomic mass is 10.0. The predicted molar refractivity (Wildman–Crippen MR) is 154 cm³/mol. The Bertz CT molecular complexity index is 1450. The number of carbonyl (C=O) groups excluding carboxylic acids is 2. The first kappa shape index (κ1) is 25.0. The molecule has 2 saturated heterocycles. The van der Waals surface area contributed by atoms with E-state index in [1.165, 1.54) is 17.3 Å². The van der Waals surface area contributed by atoms with Gasteiger partial charge in [-0.05, 0) is 48.0 Å². The Hall–Kier alpha value is -3.05. The summed E-state index contributed by atoms with van der Waals surface area (Å²) in [6, 6.07) is 21.7. The molecule has 3 aromatic rings. The van der Waals surface area contributed by atoms with Crippen LogP contribution in [0, 0.1) is 0 Å². The van der Waals surface area contributed by atoms with E-state index in [0.29, 0.717) is 6.67 Å². The molecule has 2 fully saturated rings. The fraction of sp³-hybridized carbons (Fsp3) is 0.310. The van der Waals surface area contributed by atoms with Gasteiger partial charge in [0, 0.05) is 48.4 Å². The fourth-order valence-electron chi connectivity index (χ4n) is 5.87. The number of amides is 2. The summed E-state index contributed by atoms with van der Waals surface area (Å²) in [4.78, 5) is 34.8. The van der Waals surface area contributed by atoms with Crippen LogP contribution in [-0.4, -0.2) is 67.0 Å². The molecule has 7 rings (SSSR count). The molecule has 0 saturated carbocycles. The number of anilines is 2. The van der Waals surface area contributed by atoms with E-state index in [1.807, 2.05) is 59.5 Å². The van der Waals surface area contributed by atoms with Gasteiger partial charge in [0.1, 0.15) is 0 Å². The van der Waals surface area contributed by atoms with Crippen LogP contribution < -0.4 is 19.3 Å². The molecule has 10 heteroatoms. The van der Waals surface area contributed by atoms with Gasteiger partial charge < -0.3 is 9.47 Å². The zero-order valence-electron chi connectivity index (χ0n) is 21.2. The number of rotatable bonds is 5. The van der Waals surface area contributed by atoms with E-state index in [-0.39, 0.29) is 24.4 Å². The molecule has 0 unspecified atom stereocenters. The highest BCUT2D eigenvalue weighted by Crippen LogP contribution is 2.55. The second kappa shape index (κ2) is 9.85. The molecule has 0 aliphatic carbocycles. The number of halogens is 1. The summed E-state index contributed by atoms with van der Waals surface area (Å²) in [5.41, 5.74) is 3.70. The number of thioether (sulfide) groups is 1. The maximum atomic E-state index is 14.3. The highest BCUT2D eigenvalue weighted by Gasteiger charge is 2.61. The molecule has 0 radical (unpaired) electrons. The Morgan fingerprint density at radius 1 is 0.872 bits per heavy atom. The molecule has 0 N–H and O–H groups in total. The van der Waals surface area contributed by atoms with Crippen molar-refractivity contribution in [1.29, 1.82) is 0 Å². The SMILES string of the molecule is O=C1CS[C@@]2(C(=O)N(CN3CCN(Cc4ccc5c(c4)OCO5)CC3)c3ccccc32)N1c1ccc(Br)cc1. The normalized spacial score (nSPS) is 22.8. The molecule has 200 valence electrons. The maximum absolute atomic E-state index is 14.3. The van der Waals surface area contributed by atoms with E-state index in [4.69, 9.17) is 9.47 Å². The Labute approximate surface area is 239 Å². The van der Waals surface area contributed by atoms with Crippen LogP contribution >= 0.6 is 27.7 Å². The summed E-state index contributed by atoms with van der Waals surface area (Å²) in [5, 5.41) is 0. The van der Waals surface area contributed by atoms with E-state index in [0.717, 1.165) is 65.6 Å². The predicted octanol–water partition coefficient (Wildman–Crippen LogP) is 4.23. The first-order valence-corrected chi connectivity index (χ1v) is 14.8. The van der Waals surface area contributed by atoms with Crippen molar-refractivity contribution in [2.24, 2.45) is 0 Å². The third kappa shape index (κ3) is 4.21. The number of hydrogen-bond acceptors (Lipinski definition) is 7. The number of benzene rings is 3. The number of fused-ring (bicyclic) bond motifs is 3. The lowest BCUT2D eigenvalue weighted by Gasteiger charge is -2.37. The molecule has 2 amide bonds. The molecule has 4 heterocycles. The standard InChI is InChI=1S/C29H27BrN4O4S/c30-21-6-8-22(9-7-21)34-27(35)17-39-29(34)23-3-1-2-4-24(23)33(28(29)36)18-32-13-11-31(12-14-32)16-20-5-10-25-26(15-20)38-19-37-25/h1-10,15H,11-14,16-19H2/t29-/m0/s1. The molecule has 1 atom stereocenters. The molecule has 8 nitrogen and oxygen atoms in total. The summed E-state index contributed by atoms with van der Waals surface area (Å²) >= 11 is 4.90. The Kier molecular flexibility index (Phi) is 6.30. The van der Waals surface area contributed by atoms with E-state index in [1.54, 1.807) is 4.90 Å². The van der Waals surface area contributed by atoms with Gasteiger partial charge in [-0.25, -0.2) is 0 Å². The average molecular weight is 608 g/mol. The van der Waals surface area contributed by atoms with Gasteiger partial charge in [-0.2, -0.15) is 0 Å². The molecule has 0 bridgehead atoms. The van der Waals surface area contributed by atoms with Crippen LogP contribution in [0.2, 0.25) is 0 Å². The third-order valence-corrected chi connectivity index (χ3v) is 9.71. The van der Waals surface area contributed by atoms with Gasteiger partial charge in [-0.1, -0.05) is 40.2 Å². The zero-order valence-corrected chi connectivity index (χ0v) is 23.6. The maximum Gasteiger partial charge on any atom is 0.269 e. The van der Waals surface area contributed by atoms with Crippen molar-refractivity contribution in [3.8, 4) is 11.5 Å². The van der Waals surface area contributed by atoms with Crippen molar-refractivity contribution in [1.82, 2.24) is 9.80 Å². The van der Waals surface area contributed by atoms with Crippen LogP contribution in [-0.2, 0) is 21.0 Å². The molecule has 0 aromatic heterocycles. The van der Waals surface area contributed by atoms with Gasteiger partial charge in [0.15, 0.2) is 11.5 Å². The van der Waals surface area contributed by atoms with Crippen LogP contribution in [0.15, 0.2) is 71.2 Å². The van der Waals surface area contributed by atoms with Crippen LogP contribution in [0.4, 0.5) is 11.4 Å². The van der Waals surface area contributed by atoms with Crippen molar-refractivity contribution in [3.05, 3.63) is 82.3 Å².